The molecule has 2 aromatic carbocycles. The monoisotopic (exact) mass is 855 g/mol. The summed E-state index contributed by atoms with van der Waals surface area (Å²) in [6.45, 7) is 3.83. The molecule has 1 spiro atoms. The van der Waals surface area contributed by atoms with Gasteiger partial charge in [0.1, 0.15) is 11.9 Å². The third-order valence-electron chi connectivity index (χ3n) is 11.9. The molecule has 5 aromatic rings. The van der Waals surface area contributed by atoms with E-state index in [1.807, 2.05) is 54.2 Å². The molecule has 2 amide bonds. The molecule has 0 unspecified atom stereocenters. The SMILES string of the molecule is CN(CCCCC(=O)Nc1ccc(CNC[C@H](O)c2ccc(O)c3[nH]c(=O)ccc23)cc1)C(=O)CCN1CCC2(CC1)CC(OC(=O)C(O)(c1cccs1)c1cccs1)C2. The maximum atomic E-state index is 13.3. The predicted molar refractivity (Wildman–Crippen MR) is 233 cm³/mol. The van der Waals surface area contributed by atoms with Gasteiger partial charge in [0.15, 0.2) is 0 Å². The van der Waals surface area contributed by atoms with E-state index in [0.717, 1.165) is 50.8 Å². The molecule has 4 heterocycles. The van der Waals surface area contributed by atoms with E-state index in [1.165, 1.54) is 34.8 Å². The number of phenolic OH excluding ortho intramolecular Hbond substituents is 1. The molecule has 1 aliphatic carbocycles. The first-order chi connectivity index (χ1) is 28.9. The van der Waals surface area contributed by atoms with Crippen LogP contribution in [0.15, 0.2) is 88.4 Å². The van der Waals surface area contributed by atoms with Gasteiger partial charge in [-0.15, -0.1) is 22.7 Å². The molecule has 1 saturated heterocycles. The molecule has 1 atom stereocenters. The number of pyridine rings is 1. The van der Waals surface area contributed by atoms with E-state index in [4.69, 9.17) is 4.74 Å². The molecule has 2 fully saturated rings. The third-order valence-corrected chi connectivity index (χ3v) is 13.9. The van der Waals surface area contributed by atoms with Gasteiger partial charge in [0.05, 0.1) is 21.4 Å². The van der Waals surface area contributed by atoms with Crippen molar-refractivity contribution in [3.63, 3.8) is 0 Å². The number of piperidine rings is 1. The lowest BCUT2D eigenvalue weighted by Gasteiger charge is -2.51. The average molecular weight is 856 g/mol. The van der Waals surface area contributed by atoms with Gasteiger partial charge in [0.2, 0.25) is 23.0 Å². The number of carbonyl (C=O) groups is 3. The van der Waals surface area contributed by atoms with Gasteiger partial charge in [-0.05, 0) is 115 Å². The predicted octanol–water partition coefficient (Wildman–Crippen LogP) is 5.86. The minimum Gasteiger partial charge on any atom is -0.506 e. The van der Waals surface area contributed by atoms with Crippen LogP contribution in [0.5, 0.6) is 5.75 Å². The Bertz CT molecular complexity index is 2250. The van der Waals surface area contributed by atoms with E-state index in [2.05, 4.69) is 20.5 Å². The second-order valence-electron chi connectivity index (χ2n) is 16.1. The molecule has 2 aliphatic rings. The number of aromatic hydroxyl groups is 1. The zero-order chi connectivity index (χ0) is 42.3. The van der Waals surface area contributed by atoms with Crippen molar-refractivity contribution in [3.05, 3.63) is 115 Å². The van der Waals surface area contributed by atoms with Crippen LogP contribution in [-0.4, -0.2) is 93.8 Å². The quantitative estimate of drug-likeness (QED) is 0.0461. The molecule has 318 valence electrons. The number of H-pyrrole nitrogens is 1. The van der Waals surface area contributed by atoms with Crippen LogP contribution in [0, 0.1) is 5.41 Å². The number of nitrogens with one attached hydrogen (secondary N) is 3. The van der Waals surface area contributed by atoms with Gasteiger partial charge in [-0.1, -0.05) is 30.3 Å². The molecule has 1 aliphatic heterocycles. The topological polar surface area (TPSA) is 185 Å². The first-order valence-corrected chi connectivity index (χ1v) is 22.3. The van der Waals surface area contributed by atoms with Gasteiger partial charge in [0, 0.05) is 63.2 Å². The molecule has 15 heteroatoms. The lowest BCUT2D eigenvalue weighted by molar-refractivity contribution is -0.181. The summed E-state index contributed by atoms with van der Waals surface area (Å²) < 4.78 is 5.90. The summed E-state index contributed by atoms with van der Waals surface area (Å²) in [6, 6.07) is 20.7. The van der Waals surface area contributed by atoms with Crippen LogP contribution in [0.3, 0.4) is 0 Å². The van der Waals surface area contributed by atoms with Crippen LogP contribution in [0.2, 0.25) is 0 Å². The van der Waals surface area contributed by atoms with Crippen molar-refractivity contribution < 1.29 is 34.4 Å². The van der Waals surface area contributed by atoms with E-state index >= 15 is 0 Å². The number of anilines is 1. The minimum absolute atomic E-state index is 0.0570. The summed E-state index contributed by atoms with van der Waals surface area (Å²) in [5.74, 6) is -0.658. The molecule has 3 aromatic heterocycles. The Labute approximate surface area is 357 Å². The highest BCUT2D eigenvalue weighted by Crippen LogP contribution is 2.51. The largest absolute Gasteiger partial charge is 0.506 e. The lowest BCUT2D eigenvalue weighted by Crippen LogP contribution is -2.52. The molecule has 0 bridgehead atoms. The van der Waals surface area contributed by atoms with Crippen molar-refractivity contribution in [2.24, 2.45) is 5.41 Å². The Hall–Kier alpha value is -4.90. The zero-order valence-electron chi connectivity index (χ0n) is 33.7. The number of amides is 2. The Morgan fingerprint density at radius 1 is 0.967 bits per heavy atom. The number of hydrogen-bond donors (Lipinski definition) is 6. The Kier molecular flexibility index (Phi) is 13.8. The maximum absolute atomic E-state index is 13.3. The highest BCUT2D eigenvalue weighted by Gasteiger charge is 2.51. The highest BCUT2D eigenvalue weighted by atomic mass is 32.1. The van der Waals surface area contributed by atoms with Crippen molar-refractivity contribution in [1.82, 2.24) is 20.1 Å². The molecule has 60 heavy (non-hydrogen) atoms. The van der Waals surface area contributed by atoms with E-state index < -0.39 is 17.7 Å². The summed E-state index contributed by atoms with van der Waals surface area (Å²) in [7, 11) is 1.82. The normalized spacial score (nSPS) is 16.1. The van der Waals surface area contributed by atoms with Gasteiger partial charge in [-0.3, -0.25) is 14.4 Å². The van der Waals surface area contributed by atoms with Gasteiger partial charge >= 0.3 is 5.97 Å². The molecule has 6 N–H and O–H groups in total. The first kappa shape index (κ1) is 43.2. The number of fused-ring (bicyclic) bond motifs is 1. The van der Waals surface area contributed by atoms with Gasteiger partial charge in [-0.25, -0.2) is 4.79 Å². The van der Waals surface area contributed by atoms with Crippen LogP contribution in [0.4, 0.5) is 5.69 Å². The minimum atomic E-state index is -1.78. The number of unbranched alkanes of at least 4 members (excludes halogenated alkanes) is 1. The third kappa shape index (κ3) is 10.2. The van der Waals surface area contributed by atoms with Crippen LogP contribution < -0.4 is 16.2 Å². The van der Waals surface area contributed by atoms with Crippen molar-refractivity contribution in [1.29, 1.82) is 0 Å². The van der Waals surface area contributed by atoms with E-state index in [1.54, 1.807) is 29.2 Å². The van der Waals surface area contributed by atoms with Gasteiger partial charge in [-0.2, -0.15) is 0 Å². The number of carbonyl (C=O) groups excluding carboxylic acids is 3. The van der Waals surface area contributed by atoms with Gasteiger partial charge in [0.25, 0.3) is 0 Å². The van der Waals surface area contributed by atoms with Crippen LogP contribution >= 0.6 is 22.7 Å². The highest BCUT2D eigenvalue weighted by molar-refractivity contribution is 7.12. The molecular formula is C45H53N5O8S2. The van der Waals surface area contributed by atoms with Crippen molar-refractivity contribution in [2.75, 3.05) is 45.1 Å². The van der Waals surface area contributed by atoms with Crippen LogP contribution in [0.1, 0.15) is 78.4 Å². The average Bonchev–Trinajstić information content (AvgIpc) is 3.99. The van der Waals surface area contributed by atoms with E-state index in [0.29, 0.717) is 70.8 Å². The Morgan fingerprint density at radius 2 is 1.67 bits per heavy atom. The number of aliphatic hydroxyl groups is 2. The number of aromatic nitrogens is 1. The summed E-state index contributed by atoms with van der Waals surface area (Å²) in [5.41, 5.74) is 0.571. The number of nitrogens with zero attached hydrogens (tertiary/aromatic N) is 2. The molecule has 0 radical (unpaired) electrons. The molecular weight excluding hydrogens is 803 g/mol. The molecule has 7 rings (SSSR count). The van der Waals surface area contributed by atoms with Crippen molar-refractivity contribution in [3.8, 4) is 5.75 Å². The van der Waals surface area contributed by atoms with E-state index in [-0.39, 0.29) is 41.2 Å². The summed E-state index contributed by atoms with van der Waals surface area (Å²) >= 11 is 2.68. The second-order valence-corrected chi connectivity index (χ2v) is 18.0. The molecule has 1 saturated carbocycles. The van der Waals surface area contributed by atoms with Crippen LogP contribution in [0.25, 0.3) is 10.9 Å². The van der Waals surface area contributed by atoms with Crippen molar-refractivity contribution in [2.45, 2.75) is 75.7 Å². The smallest absolute Gasteiger partial charge is 0.349 e. The number of ether oxygens (including phenoxy) is 1. The number of esters is 1. The summed E-state index contributed by atoms with van der Waals surface area (Å²) in [6.07, 6.45) is 4.68. The van der Waals surface area contributed by atoms with Crippen molar-refractivity contribution >= 4 is 57.0 Å². The number of aromatic amines is 1. The fraction of sp³-hybridized carbons (Fsp3) is 0.422. The fourth-order valence-corrected chi connectivity index (χ4v) is 10.0. The number of rotatable bonds is 18. The van der Waals surface area contributed by atoms with Crippen LogP contribution in [-0.2, 0) is 31.3 Å². The fourth-order valence-electron chi connectivity index (χ4n) is 8.32. The number of hydrogen-bond acceptors (Lipinski definition) is 12. The summed E-state index contributed by atoms with van der Waals surface area (Å²) in [5, 5.41) is 42.9. The molecule has 13 nitrogen and oxygen atoms in total. The zero-order valence-corrected chi connectivity index (χ0v) is 35.4. The maximum Gasteiger partial charge on any atom is 0.349 e. The number of likely N-dealkylation sites (tertiary alicyclic amines) is 1. The number of phenols is 1. The number of thiophene rings is 2. The number of benzene rings is 2. The Balaban J connectivity index is 0.740. The van der Waals surface area contributed by atoms with Gasteiger partial charge < -0.3 is 45.5 Å². The Morgan fingerprint density at radius 3 is 2.33 bits per heavy atom. The summed E-state index contributed by atoms with van der Waals surface area (Å²) in [4.78, 5) is 58.4. The number of aliphatic hydroxyl groups excluding tert-OH is 1. The lowest BCUT2D eigenvalue weighted by atomic mass is 9.61. The second kappa shape index (κ2) is 19.2. The van der Waals surface area contributed by atoms with E-state index in [9.17, 15) is 34.5 Å². The standard InChI is InChI=1S/C45H53N5O8S2/c1-49(41(55)17-21-50-22-18-44(19-23-50)26-32(27-44)58-43(56)45(57,37-6-4-24-59-37)38-7-5-25-60-38)20-3-2-8-39(53)47-31-11-9-30(10-12-31)28-46-29-36(52)33-13-15-35(51)42-34(33)14-16-40(54)48-42/h4-7,9-16,24-25,32,36,46,51-52,57H,2-3,8,17-23,26-29H2,1H3,(H,47,53)(H,48,54)/t36-/m0/s1. The first-order valence-electron chi connectivity index (χ1n) is 20.5.